The monoisotopic (exact) mass is 416 g/mol. The molecule has 4 aliphatic carbocycles. The van der Waals surface area contributed by atoms with Crippen molar-refractivity contribution in [3.63, 3.8) is 0 Å². The summed E-state index contributed by atoms with van der Waals surface area (Å²) < 4.78 is 11.8. The molecule has 0 aromatic carbocycles. The van der Waals surface area contributed by atoms with Crippen molar-refractivity contribution in [3.05, 3.63) is 11.6 Å². The standard InChI is InChI=1S/C26H40O4/c1-6-22(27)29-18-10-13-24(3)17(16-18)8-9-19-20(24)11-14-25(4)21(19)12-15-26(25,5)30-23(28)7-2/h8,18-21H,6-7,9-16H2,1-5H3/t18-,19-,20+,21+,24+,25+,26-/m1/s1. The summed E-state index contributed by atoms with van der Waals surface area (Å²) in [5.41, 5.74) is 1.52. The van der Waals surface area contributed by atoms with Gasteiger partial charge in [-0.3, -0.25) is 9.59 Å². The third-order valence-electron chi connectivity index (χ3n) is 9.80. The molecule has 0 radical (unpaired) electrons. The highest BCUT2D eigenvalue weighted by Crippen LogP contribution is 2.67. The second-order valence-electron chi connectivity index (χ2n) is 11.0. The van der Waals surface area contributed by atoms with E-state index in [0.29, 0.717) is 30.6 Å². The number of carbonyl (C=O) groups excluding carboxylic acids is 2. The molecule has 30 heavy (non-hydrogen) atoms. The van der Waals surface area contributed by atoms with Crippen LogP contribution < -0.4 is 0 Å². The normalized spacial score (nSPS) is 44.9. The summed E-state index contributed by atoms with van der Waals surface area (Å²) in [7, 11) is 0. The van der Waals surface area contributed by atoms with Crippen molar-refractivity contribution >= 4 is 11.9 Å². The number of hydrogen-bond donors (Lipinski definition) is 0. The van der Waals surface area contributed by atoms with Crippen LogP contribution in [-0.2, 0) is 19.1 Å². The molecule has 0 spiro atoms. The Bertz CT molecular complexity index is 741. The Morgan fingerprint density at radius 3 is 2.37 bits per heavy atom. The predicted molar refractivity (Wildman–Crippen MR) is 117 cm³/mol. The Kier molecular flexibility index (Phi) is 5.60. The van der Waals surface area contributed by atoms with Crippen LogP contribution >= 0.6 is 0 Å². The minimum atomic E-state index is -0.327. The fraction of sp³-hybridized carbons (Fsp3) is 0.846. The van der Waals surface area contributed by atoms with Crippen LogP contribution in [0, 0.1) is 28.6 Å². The van der Waals surface area contributed by atoms with E-state index in [0.717, 1.165) is 38.5 Å². The highest BCUT2D eigenvalue weighted by molar-refractivity contribution is 5.69. The van der Waals surface area contributed by atoms with Crippen LogP contribution in [-0.4, -0.2) is 23.6 Å². The molecular formula is C26H40O4. The first-order chi connectivity index (χ1) is 14.2. The average molecular weight is 417 g/mol. The first kappa shape index (κ1) is 21.9. The number of hydrogen-bond acceptors (Lipinski definition) is 4. The minimum Gasteiger partial charge on any atom is -0.462 e. The van der Waals surface area contributed by atoms with Crippen molar-refractivity contribution in [3.8, 4) is 0 Å². The maximum Gasteiger partial charge on any atom is 0.306 e. The smallest absolute Gasteiger partial charge is 0.306 e. The topological polar surface area (TPSA) is 52.6 Å². The fourth-order valence-electron chi connectivity index (χ4n) is 7.71. The zero-order valence-electron chi connectivity index (χ0n) is 19.6. The van der Waals surface area contributed by atoms with E-state index in [9.17, 15) is 9.59 Å². The van der Waals surface area contributed by atoms with E-state index < -0.39 is 0 Å². The van der Waals surface area contributed by atoms with Gasteiger partial charge in [-0.05, 0) is 75.0 Å². The quantitative estimate of drug-likeness (QED) is 0.418. The molecule has 3 saturated carbocycles. The van der Waals surface area contributed by atoms with Gasteiger partial charge in [0.25, 0.3) is 0 Å². The lowest BCUT2D eigenvalue weighted by molar-refractivity contribution is -0.179. The van der Waals surface area contributed by atoms with Gasteiger partial charge in [-0.1, -0.05) is 39.3 Å². The molecule has 0 unspecified atom stereocenters. The molecule has 0 bridgehead atoms. The van der Waals surface area contributed by atoms with Crippen LogP contribution in [0.2, 0.25) is 0 Å². The summed E-state index contributed by atoms with van der Waals surface area (Å²) in [5.74, 6) is 1.87. The van der Waals surface area contributed by atoms with Gasteiger partial charge in [-0.15, -0.1) is 0 Å². The van der Waals surface area contributed by atoms with Gasteiger partial charge in [0, 0.05) is 24.7 Å². The highest BCUT2D eigenvalue weighted by Gasteiger charge is 2.64. The van der Waals surface area contributed by atoms with Crippen LogP contribution in [0.4, 0.5) is 0 Å². The summed E-state index contributed by atoms with van der Waals surface area (Å²) in [6, 6.07) is 0. The molecule has 4 heteroatoms. The Morgan fingerprint density at radius 2 is 1.67 bits per heavy atom. The Hall–Kier alpha value is -1.32. The zero-order chi connectivity index (χ0) is 21.7. The van der Waals surface area contributed by atoms with Gasteiger partial charge in [0.15, 0.2) is 0 Å². The number of ether oxygens (including phenoxy) is 2. The molecule has 0 aromatic rings. The number of rotatable bonds is 4. The number of allylic oxidation sites excluding steroid dienone is 1. The average Bonchev–Trinajstić information content (AvgIpc) is 2.98. The fourth-order valence-corrected chi connectivity index (χ4v) is 7.71. The number of esters is 2. The molecule has 4 aliphatic rings. The van der Waals surface area contributed by atoms with Crippen molar-refractivity contribution in [1.82, 2.24) is 0 Å². The van der Waals surface area contributed by atoms with Crippen LogP contribution in [0.25, 0.3) is 0 Å². The number of carbonyl (C=O) groups is 2. The van der Waals surface area contributed by atoms with Crippen molar-refractivity contribution in [2.75, 3.05) is 0 Å². The summed E-state index contributed by atoms with van der Waals surface area (Å²) in [5, 5.41) is 0. The Morgan fingerprint density at radius 1 is 0.967 bits per heavy atom. The van der Waals surface area contributed by atoms with Crippen LogP contribution in [0.1, 0.15) is 98.8 Å². The number of fused-ring (bicyclic) bond motifs is 5. The van der Waals surface area contributed by atoms with Gasteiger partial charge in [0.05, 0.1) is 0 Å². The molecular weight excluding hydrogens is 376 g/mol. The maximum absolute atomic E-state index is 12.2. The van der Waals surface area contributed by atoms with E-state index in [1.165, 1.54) is 18.4 Å². The van der Waals surface area contributed by atoms with Gasteiger partial charge in [0.2, 0.25) is 0 Å². The van der Waals surface area contributed by atoms with E-state index in [4.69, 9.17) is 9.47 Å². The van der Waals surface area contributed by atoms with Crippen LogP contribution in [0.5, 0.6) is 0 Å². The lowest BCUT2D eigenvalue weighted by atomic mass is 9.47. The van der Waals surface area contributed by atoms with Gasteiger partial charge in [0.1, 0.15) is 11.7 Å². The predicted octanol–water partition coefficient (Wildman–Crippen LogP) is 5.98. The summed E-state index contributed by atoms with van der Waals surface area (Å²) in [6.45, 7) is 10.8. The van der Waals surface area contributed by atoms with Gasteiger partial charge >= 0.3 is 11.9 Å². The van der Waals surface area contributed by atoms with Crippen molar-refractivity contribution in [1.29, 1.82) is 0 Å². The molecule has 0 saturated heterocycles. The van der Waals surface area contributed by atoms with E-state index in [-0.39, 0.29) is 34.5 Å². The third-order valence-corrected chi connectivity index (χ3v) is 9.80. The summed E-state index contributed by atoms with van der Waals surface area (Å²) >= 11 is 0. The molecule has 4 nitrogen and oxygen atoms in total. The van der Waals surface area contributed by atoms with Gasteiger partial charge in [-0.25, -0.2) is 0 Å². The second-order valence-corrected chi connectivity index (χ2v) is 11.0. The molecule has 0 heterocycles. The van der Waals surface area contributed by atoms with Crippen molar-refractivity contribution in [2.45, 2.75) is 111 Å². The lowest BCUT2D eigenvalue weighted by Crippen LogP contribution is -2.55. The van der Waals surface area contributed by atoms with E-state index >= 15 is 0 Å². The van der Waals surface area contributed by atoms with Crippen LogP contribution in [0.15, 0.2) is 11.6 Å². The SMILES string of the molecule is CCC(=O)O[C@@H]1CC[C@@]2(C)C(=CC[C@@H]3[C@@H]2CC[C@@]2(C)[C@H]3CC[C@@]2(C)OC(=O)CC)C1. The van der Waals surface area contributed by atoms with Crippen molar-refractivity contribution < 1.29 is 19.1 Å². The lowest BCUT2D eigenvalue weighted by Gasteiger charge is -2.59. The van der Waals surface area contributed by atoms with E-state index in [2.05, 4.69) is 26.8 Å². The molecule has 4 rings (SSSR count). The first-order valence-corrected chi connectivity index (χ1v) is 12.3. The van der Waals surface area contributed by atoms with Crippen molar-refractivity contribution in [2.24, 2.45) is 28.6 Å². The highest BCUT2D eigenvalue weighted by atomic mass is 16.6. The second kappa shape index (κ2) is 7.67. The maximum atomic E-state index is 12.2. The molecule has 3 fully saturated rings. The Labute approximate surface area is 182 Å². The van der Waals surface area contributed by atoms with E-state index in [1.807, 2.05) is 13.8 Å². The third kappa shape index (κ3) is 3.24. The molecule has 0 aromatic heterocycles. The van der Waals surface area contributed by atoms with E-state index in [1.54, 1.807) is 0 Å². The largest absolute Gasteiger partial charge is 0.462 e. The molecule has 0 amide bonds. The molecule has 0 aliphatic heterocycles. The summed E-state index contributed by atoms with van der Waals surface area (Å²) in [4.78, 5) is 24.0. The first-order valence-electron chi connectivity index (χ1n) is 12.3. The summed E-state index contributed by atoms with van der Waals surface area (Å²) in [6.07, 6.45) is 12.1. The van der Waals surface area contributed by atoms with Gasteiger partial charge in [-0.2, -0.15) is 0 Å². The van der Waals surface area contributed by atoms with Gasteiger partial charge < -0.3 is 9.47 Å². The zero-order valence-corrected chi connectivity index (χ0v) is 19.6. The van der Waals surface area contributed by atoms with Crippen LogP contribution in [0.3, 0.4) is 0 Å². The molecule has 7 atom stereocenters. The molecule has 0 N–H and O–H groups in total. The minimum absolute atomic E-state index is 0.0563. The Balaban J connectivity index is 1.55. The molecule has 168 valence electrons.